The van der Waals surface area contributed by atoms with E-state index in [9.17, 15) is 9.90 Å². The van der Waals surface area contributed by atoms with Crippen LogP contribution in [-0.4, -0.2) is 17.1 Å². The number of nitrogens with one attached hydrogen (secondary N) is 1. The van der Waals surface area contributed by atoms with Gasteiger partial charge in [0, 0.05) is 6.04 Å². The summed E-state index contributed by atoms with van der Waals surface area (Å²) in [5.41, 5.74) is 0.368. The molecule has 2 unspecified atom stereocenters. The van der Waals surface area contributed by atoms with Gasteiger partial charge in [0.15, 0.2) is 0 Å². The average molecular weight is 283 g/mol. The van der Waals surface area contributed by atoms with Crippen molar-refractivity contribution >= 4 is 16.7 Å². The molecule has 0 spiro atoms. The first-order valence-corrected chi connectivity index (χ1v) is 7.66. The molecule has 3 rings (SSSR count). The summed E-state index contributed by atoms with van der Waals surface area (Å²) in [4.78, 5) is 12.4. The van der Waals surface area contributed by atoms with Gasteiger partial charge in [0.05, 0.1) is 5.56 Å². The maximum atomic E-state index is 12.4. The summed E-state index contributed by atoms with van der Waals surface area (Å²) in [7, 11) is 0. The summed E-state index contributed by atoms with van der Waals surface area (Å²) in [6.45, 7) is 2.23. The summed E-state index contributed by atoms with van der Waals surface area (Å²) >= 11 is 0. The van der Waals surface area contributed by atoms with E-state index in [0.29, 0.717) is 11.5 Å². The molecule has 0 saturated heterocycles. The van der Waals surface area contributed by atoms with Crippen LogP contribution in [0.2, 0.25) is 0 Å². The van der Waals surface area contributed by atoms with Crippen molar-refractivity contribution < 1.29 is 9.90 Å². The molecule has 3 nitrogen and oxygen atoms in total. The molecule has 0 heterocycles. The first-order chi connectivity index (χ1) is 10.1. The number of hydrogen-bond donors (Lipinski definition) is 2. The quantitative estimate of drug-likeness (QED) is 0.879. The SMILES string of the molecule is CC1CCCC(NC(=O)c2cc3ccccc3cc2O)C1. The molecule has 1 amide bonds. The third kappa shape index (κ3) is 3.02. The molecular weight excluding hydrogens is 262 g/mol. The number of fused-ring (bicyclic) bond motifs is 1. The van der Waals surface area contributed by atoms with Crippen LogP contribution in [-0.2, 0) is 0 Å². The van der Waals surface area contributed by atoms with Crippen molar-refractivity contribution in [2.75, 3.05) is 0 Å². The van der Waals surface area contributed by atoms with Gasteiger partial charge in [0.1, 0.15) is 5.75 Å². The minimum atomic E-state index is -0.169. The van der Waals surface area contributed by atoms with Crippen LogP contribution in [0, 0.1) is 5.92 Å². The topological polar surface area (TPSA) is 49.3 Å². The molecule has 2 aromatic rings. The minimum absolute atomic E-state index is 0.0510. The third-order valence-electron chi connectivity index (χ3n) is 4.38. The lowest BCUT2D eigenvalue weighted by Crippen LogP contribution is -2.38. The predicted molar refractivity (Wildman–Crippen MR) is 84.5 cm³/mol. The Morgan fingerprint density at radius 1 is 1.19 bits per heavy atom. The molecule has 21 heavy (non-hydrogen) atoms. The van der Waals surface area contributed by atoms with Crippen molar-refractivity contribution in [2.24, 2.45) is 5.92 Å². The molecule has 1 aliphatic carbocycles. The van der Waals surface area contributed by atoms with Gasteiger partial charge in [-0.3, -0.25) is 4.79 Å². The van der Waals surface area contributed by atoms with Crippen LogP contribution in [0.3, 0.4) is 0 Å². The molecule has 2 N–H and O–H groups in total. The molecule has 1 fully saturated rings. The largest absolute Gasteiger partial charge is 0.507 e. The van der Waals surface area contributed by atoms with Gasteiger partial charge in [0.25, 0.3) is 5.91 Å². The molecule has 110 valence electrons. The number of amides is 1. The summed E-state index contributed by atoms with van der Waals surface area (Å²) < 4.78 is 0. The van der Waals surface area contributed by atoms with Gasteiger partial charge in [-0.2, -0.15) is 0 Å². The standard InChI is InChI=1S/C18H21NO2/c1-12-5-4-8-15(9-12)19-18(21)16-10-13-6-2-3-7-14(13)11-17(16)20/h2-3,6-7,10-12,15,20H,4-5,8-9H2,1H3,(H,19,21). The van der Waals surface area contributed by atoms with Crippen molar-refractivity contribution in [3.63, 3.8) is 0 Å². The first kappa shape index (κ1) is 13.9. The molecular formula is C18H21NO2. The smallest absolute Gasteiger partial charge is 0.255 e. The van der Waals surface area contributed by atoms with Crippen LogP contribution in [0.5, 0.6) is 5.75 Å². The summed E-state index contributed by atoms with van der Waals surface area (Å²) in [5.74, 6) is 0.543. The molecule has 0 aromatic heterocycles. The van der Waals surface area contributed by atoms with Gasteiger partial charge in [-0.1, -0.05) is 44.0 Å². The second-order valence-electron chi connectivity index (χ2n) is 6.16. The van der Waals surface area contributed by atoms with Gasteiger partial charge in [-0.05, 0) is 41.7 Å². The second-order valence-corrected chi connectivity index (χ2v) is 6.16. The van der Waals surface area contributed by atoms with E-state index < -0.39 is 0 Å². The number of phenolic OH excluding ortho intramolecular Hbond substituents is 1. The Kier molecular flexibility index (Phi) is 3.82. The van der Waals surface area contributed by atoms with Crippen LogP contribution >= 0.6 is 0 Å². The monoisotopic (exact) mass is 283 g/mol. The number of carbonyl (C=O) groups excluding carboxylic acids is 1. The van der Waals surface area contributed by atoms with Crippen molar-refractivity contribution in [2.45, 2.75) is 38.6 Å². The van der Waals surface area contributed by atoms with E-state index in [-0.39, 0.29) is 17.7 Å². The number of hydrogen-bond acceptors (Lipinski definition) is 2. The fourth-order valence-corrected chi connectivity index (χ4v) is 3.24. The van der Waals surface area contributed by atoms with Crippen LogP contribution in [0.25, 0.3) is 10.8 Å². The van der Waals surface area contributed by atoms with Gasteiger partial charge >= 0.3 is 0 Å². The summed E-state index contributed by atoms with van der Waals surface area (Å²) in [6.07, 6.45) is 4.47. The zero-order chi connectivity index (χ0) is 14.8. The Bertz CT molecular complexity index is 665. The zero-order valence-corrected chi connectivity index (χ0v) is 12.3. The number of rotatable bonds is 2. The van der Waals surface area contributed by atoms with Gasteiger partial charge in [-0.15, -0.1) is 0 Å². The first-order valence-electron chi connectivity index (χ1n) is 7.66. The molecule has 3 heteroatoms. The van der Waals surface area contributed by atoms with E-state index in [2.05, 4.69) is 12.2 Å². The maximum absolute atomic E-state index is 12.4. The van der Waals surface area contributed by atoms with Crippen LogP contribution in [0.15, 0.2) is 36.4 Å². The Balaban J connectivity index is 1.82. The summed E-state index contributed by atoms with van der Waals surface area (Å²) in [6, 6.07) is 11.4. The van der Waals surface area contributed by atoms with Crippen LogP contribution in [0.4, 0.5) is 0 Å². The lowest BCUT2D eigenvalue weighted by atomic mass is 9.87. The van der Waals surface area contributed by atoms with Crippen molar-refractivity contribution in [1.82, 2.24) is 5.32 Å². The van der Waals surface area contributed by atoms with Crippen molar-refractivity contribution in [1.29, 1.82) is 0 Å². The van der Waals surface area contributed by atoms with E-state index in [1.54, 1.807) is 12.1 Å². The Morgan fingerprint density at radius 3 is 2.62 bits per heavy atom. The Labute approximate surface area is 125 Å². The molecule has 0 aliphatic heterocycles. The minimum Gasteiger partial charge on any atom is -0.507 e. The van der Waals surface area contributed by atoms with E-state index >= 15 is 0 Å². The highest BCUT2D eigenvalue weighted by molar-refractivity contribution is 6.01. The Morgan fingerprint density at radius 2 is 1.90 bits per heavy atom. The van der Waals surface area contributed by atoms with E-state index in [0.717, 1.165) is 30.0 Å². The van der Waals surface area contributed by atoms with E-state index in [4.69, 9.17) is 0 Å². The normalized spacial score (nSPS) is 22.1. The molecule has 1 aliphatic rings. The van der Waals surface area contributed by atoms with Crippen molar-refractivity contribution in [3.8, 4) is 5.75 Å². The maximum Gasteiger partial charge on any atom is 0.255 e. The van der Waals surface area contributed by atoms with Crippen molar-refractivity contribution in [3.05, 3.63) is 42.0 Å². The molecule has 1 saturated carbocycles. The Hall–Kier alpha value is -2.03. The predicted octanol–water partition coefficient (Wildman–Crippen LogP) is 3.85. The molecule has 0 radical (unpaired) electrons. The molecule has 2 aromatic carbocycles. The number of carbonyl (C=O) groups is 1. The van der Waals surface area contributed by atoms with Gasteiger partial charge in [0.2, 0.25) is 0 Å². The lowest BCUT2D eigenvalue weighted by molar-refractivity contribution is 0.0919. The molecule has 2 atom stereocenters. The highest BCUT2D eigenvalue weighted by Crippen LogP contribution is 2.27. The highest BCUT2D eigenvalue weighted by Gasteiger charge is 2.22. The van der Waals surface area contributed by atoms with Gasteiger partial charge in [-0.25, -0.2) is 0 Å². The van der Waals surface area contributed by atoms with E-state index in [1.807, 2.05) is 24.3 Å². The zero-order valence-electron chi connectivity index (χ0n) is 12.3. The van der Waals surface area contributed by atoms with Crippen LogP contribution in [0.1, 0.15) is 43.0 Å². The second kappa shape index (κ2) is 5.76. The van der Waals surface area contributed by atoms with E-state index in [1.165, 1.54) is 6.42 Å². The number of benzene rings is 2. The lowest BCUT2D eigenvalue weighted by Gasteiger charge is -2.27. The average Bonchev–Trinajstić information content (AvgIpc) is 2.46. The number of aromatic hydroxyl groups is 1. The highest BCUT2D eigenvalue weighted by atomic mass is 16.3. The number of phenols is 1. The third-order valence-corrected chi connectivity index (χ3v) is 4.38. The van der Waals surface area contributed by atoms with Crippen LogP contribution < -0.4 is 5.32 Å². The summed E-state index contributed by atoms with van der Waals surface area (Å²) in [5, 5.41) is 15.1. The van der Waals surface area contributed by atoms with Gasteiger partial charge < -0.3 is 10.4 Å². The molecule has 0 bridgehead atoms. The fraction of sp³-hybridized carbons (Fsp3) is 0.389. The fourth-order valence-electron chi connectivity index (χ4n) is 3.24.